The molecule has 1 saturated carbocycles. The molecule has 0 bridgehead atoms. The molecule has 1 heterocycles. The highest BCUT2D eigenvalue weighted by Gasteiger charge is 2.65. The Morgan fingerprint density at radius 2 is 1.88 bits per heavy atom. The number of methoxy groups -OCH3 is 1. The zero-order chi connectivity index (χ0) is 17.6. The van der Waals surface area contributed by atoms with E-state index in [1.165, 1.54) is 7.11 Å². The Hall–Kier alpha value is -2.82. The van der Waals surface area contributed by atoms with Gasteiger partial charge in [0.1, 0.15) is 12.0 Å². The van der Waals surface area contributed by atoms with E-state index in [-0.39, 0.29) is 29.7 Å². The number of esters is 2. The average molecular weight is 338 g/mol. The van der Waals surface area contributed by atoms with Gasteiger partial charge in [0.05, 0.1) is 13.7 Å². The molecule has 0 unspecified atom stereocenters. The molecule has 0 aromatic heterocycles. The first kappa shape index (κ1) is 15.7. The van der Waals surface area contributed by atoms with Crippen molar-refractivity contribution in [2.45, 2.75) is 13.0 Å². The lowest BCUT2D eigenvalue weighted by Crippen LogP contribution is -2.16. The summed E-state index contributed by atoms with van der Waals surface area (Å²) in [6.45, 7) is 2.10. The van der Waals surface area contributed by atoms with Crippen LogP contribution < -0.4 is 0 Å². The van der Waals surface area contributed by atoms with Crippen molar-refractivity contribution in [3.8, 4) is 0 Å². The molecular formula is C20H18O5. The third-order valence-electron chi connectivity index (χ3n) is 4.78. The zero-order valence-electron chi connectivity index (χ0n) is 14.0. The molecule has 5 heteroatoms. The topological polar surface area (TPSA) is 61.8 Å². The number of hydrogen-bond acceptors (Lipinski definition) is 5. The normalized spacial score (nSPS) is 23.8. The molecule has 25 heavy (non-hydrogen) atoms. The van der Waals surface area contributed by atoms with Crippen LogP contribution in [0.3, 0.4) is 0 Å². The Labute approximate surface area is 145 Å². The lowest BCUT2D eigenvalue weighted by atomic mass is 9.96. The first-order valence-electron chi connectivity index (χ1n) is 8.30. The number of fused-ring (bicyclic) bond motifs is 2. The summed E-state index contributed by atoms with van der Waals surface area (Å²) < 4.78 is 15.7. The van der Waals surface area contributed by atoms with Gasteiger partial charge in [0, 0.05) is 11.5 Å². The maximum Gasteiger partial charge on any atom is 0.373 e. The van der Waals surface area contributed by atoms with Crippen LogP contribution in [-0.4, -0.2) is 31.8 Å². The van der Waals surface area contributed by atoms with Gasteiger partial charge in [-0.15, -0.1) is 0 Å². The van der Waals surface area contributed by atoms with Gasteiger partial charge < -0.3 is 14.2 Å². The van der Waals surface area contributed by atoms with Crippen molar-refractivity contribution in [2.24, 2.45) is 11.8 Å². The van der Waals surface area contributed by atoms with Crippen molar-refractivity contribution in [2.75, 3.05) is 13.7 Å². The molecule has 0 spiro atoms. The van der Waals surface area contributed by atoms with E-state index < -0.39 is 5.97 Å². The molecule has 0 saturated heterocycles. The van der Waals surface area contributed by atoms with E-state index in [1.54, 1.807) is 6.92 Å². The SMILES string of the molecule is CCOC(=O)[C@@H]1[C@H]2OC(C(=O)OC)=C(c3ccc4ccccc4c3)[C@H]21. The van der Waals surface area contributed by atoms with Crippen LogP contribution in [0.2, 0.25) is 0 Å². The minimum Gasteiger partial charge on any atom is -0.481 e. The highest BCUT2D eigenvalue weighted by Crippen LogP contribution is 2.58. The van der Waals surface area contributed by atoms with Crippen molar-refractivity contribution >= 4 is 28.3 Å². The fourth-order valence-corrected chi connectivity index (χ4v) is 3.57. The molecule has 1 aliphatic heterocycles. The third-order valence-corrected chi connectivity index (χ3v) is 4.78. The number of carbonyl (C=O) groups excluding carboxylic acids is 2. The Bertz CT molecular complexity index is 898. The minimum atomic E-state index is -0.516. The van der Waals surface area contributed by atoms with Crippen LogP contribution in [0.1, 0.15) is 12.5 Å². The standard InChI is InChI=1S/C20H18O5/c1-3-24-19(21)16-15-14(18(20(22)23-2)25-17(15)16)13-9-8-11-6-4-5-7-12(11)10-13/h4-10,15-17H,3H2,1-2H3/t15-,16-,17-/m0/s1. The quantitative estimate of drug-likeness (QED) is 0.802. The molecule has 1 fully saturated rings. The van der Waals surface area contributed by atoms with E-state index >= 15 is 0 Å². The Kier molecular flexibility index (Phi) is 3.71. The molecule has 2 aromatic carbocycles. The van der Waals surface area contributed by atoms with Crippen LogP contribution in [0.15, 0.2) is 48.2 Å². The number of ether oxygens (including phenoxy) is 3. The average Bonchev–Trinajstić information content (AvgIpc) is 3.21. The summed E-state index contributed by atoms with van der Waals surface area (Å²) in [6.07, 6.45) is -0.338. The van der Waals surface area contributed by atoms with Crippen LogP contribution in [0.5, 0.6) is 0 Å². The van der Waals surface area contributed by atoms with E-state index in [4.69, 9.17) is 14.2 Å². The smallest absolute Gasteiger partial charge is 0.373 e. The van der Waals surface area contributed by atoms with Crippen LogP contribution in [0, 0.1) is 11.8 Å². The fraction of sp³-hybridized carbons (Fsp3) is 0.300. The first-order valence-corrected chi connectivity index (χ1v) is 8.30. The van der Waals surface area contributed by atoms with Crippen LogP contribution in [0.4, 0.5) is 0 Å². The van der Waals surface area contributed by atoms with Crippen molar-refractivity contribution in [1.29, 1.82) is 0 Å². The summed E-state index contributed by atoms with van der Waals surface area (Å²) >= 11 is 0. The molecular weight excluding hydrogens is 320 g/mol. The largest absolute Gasteiger partial charge is 0.481 e. The summed E-state index contributed by atoms with van der Waals surface area (Å²) in [6, 6.07) is 14.0. The van der Waals surface area contributed by atoms with Gasteiger partial charge in [-0.3, -0.25) is 4.79 Å². The second-order valence-electron chi connectivity index (χ2n) is 6.18. The van der Waals surface area contributed by atoms with Crippen molar-refractivity contribution < 1.29 is 23.8 Å². The van der Waals surface area contributed by atoms with Crippen LogP contribution in [-0.2, 0) is 23.8 Å². The van der Waals surface area contributed by atoms with Crippen molar-refractivity contribution in [1.82, 2.24) is 0 Å². The summed E-state index contributed by atoms with van der Waals surface area (Å²) in [5.74, 6) is -1.10. The van der Waals surface area contributed by atoms with E-state index in [0.717, 1.165) is 21.9 Å². The van der Waals surface area contributed by atoms with Crippen LogP contribution >= 0.6 is 0 Å². The van der Waals surface area contributed by atoms with Gasteiger partial charge in [0.15, 0.2) is 0 Å². The van der Waals surface area contributed by atoms with Gasteiger partial charge >= 0.3 is 11.9 Å². The summed E-state index contributed by atoms with van der Waals surface area (Å²) in [5.41, 5.74) is 1.61. The molecule has 0 amide bonds. The van der Waals surface area contributed by atoms with E-state index in [9.17, 15) is 9.59 Å². The lowest BCUT2D eigenvalue weighted by Gasteiger charge is -2.12. The maximum absolute atomic E-state index is 12.1. The number of benzene rings is 2. The lowest BCUT2D eigenvalue weighted by molar-refractivity contribution is -0.147. The second kappa shape index (κ2) is 5.92. The molecule has 5 nitrogen and oxygen atoms in total. The number of rotatable bonds is 4. The molecule has 128 valence electrons. The van der Waals surface area contributed by atoms with Gasteiger partial charge in [0.25, 0.3) is 0 Å². The number of hydrogen-bond donors (Lipinski definition) is 0. The van der Waals surface area contributed by atoms with Gasteiger partial charge in [-0.1, -0.05) is 36.4 Å². The molecule has 2 aromatic rings. The van der Waals surface area contributed by atoms with E-state index in [0.29, 0.717) is 6.61 Å². The predicted octanol–water partition coefficient (Wildman–Crippen LogP) is 2.93. The fourth-order valence-electron chi connectivity index (χ4n) is 3.57. The van der Waals surface area contributed by atoms with Gasteiger partial charge in [-0.2, -0.15) is 0 Å². The zero-order valence-corrected chi connectivity index (χ0v) is 14.0. The summed E-state index contributed by atoms with van der Waals surface area (Å²) in [5, 5.41) is 2.17. The molecule has 0 radical (unpaired) electrons. The highest BCUT2D eigenvalue weighted by atomic mass is 16.6. The van der Waals surface area contributed by atoms with Crippen molar-refractivity contribution in [3.05, 3.63) is 53.8 Å². The third kappa shape index (κ3) is 2.47. The van der Waals surface area contributed by atoms with Crippen LogP contribution in [0.25, 0.3) is 16.3 Å². The predicted molar refractivity (Wildman–Crippen MR) is 91.4 cm³/mol. The Morgan fingerprint density at radius 3 is 2.60 bits per heavy atom. The minimum absolute atomic E-state index is 0.158. The van der Waals surface area contributed by atoms with Gasteiger partial charge in [-0.05, 0) is 29.3 Å². The first-order chi connectivity index (χ1) is 12.2. The molecule has 1 aliphatic carbocycles. The summed E-state index contributed by atoms with van der Waals surface area (Å²) in [4.78, 5) is 24.2. The molecule has 2 aliphatic rings. The monoisotopic (exact) mass is 338 g/mol. The van der Waals surface area contributed by atoms with Gasteiger partial charge in [0.2, 0.25) is 5.76 Å². The Balaban J connectivity index is 1.76. The van der Waals surface area contributed by atoms with E-state index in [1.807, 2.05) is 42.5 Å². The molecule has 0 N–H and O–H groups in total. The Morgan fingerprint density at radius 1 is 1.12 bits per heavy atom. The number of carbonyl (C=O) groups is 2. The van der Waals surface area contributed by atoms with E-state index in [2.05, 4.69) is 0 Å². The maximum atomic E-state index is 12.1. The molecule has 3 atom stereocenters. The highest BCUT2D eigenvalue weighted by molar-refractivity contribution is 6.01. The molecule has 4 rings (SSSR count). The van der Waals surface area contributed by atoms with Gasteiger partial charge in [-0.25, -0.2) is 4.79 Å². The second-order valence-corrected chi connectivity index (χ2v) is 6.18. The van der Waals surface area contributed by atoms with Crippen molar-refractivity contribution in [3.63, 3.8) is 0 Å². The summed E-state index contributed by atoms with van der Waals surface area (Å²) in [7, 11) is 1.32.